The van der Waals surface area contributed by atoms with Crippen LogP contribution < -0.4 is 4.90 Å². The molecule has 0 spiro atoms. The number of nitrogens with zero attached hydrogens (tertiary/aromatic N) is 3. The van der Waals surface area contributed by atoms with Gasteiger partial charge in [0.25, 0.3) is 5.91 Å². The van der Waals surface area contributed by atoms with E-state index in [1.165, 1.54) is 4.70 Å². The summed E-state index contributed by atoms with van der Waals surface area (Å²) in [6.45, 7) is 5.68. The topological polar surface area (TPSA) is 72.0 Å². The Morgan fingerprint density at radius 3 is 2.79 bits per heavy atom. The number of rotatable bonds is 5. The van der Waals surface area contributed by atoms with Gasteiger partial charge in [0.05, 0.1) is 37.0 Å². The summed E-state index contributed by atoms with van der Waals surface area (Å²) in [4.78, 5) is 35.0. The second-order valence-electron chi connectivity index (χ2n) is 8.65. The summed E-state index contributed by atoms with van der Waals surface area (Å²) in [6, 6.07) is 12.1. The van der Waals surface area contributed by atoms with E-state index in [2.05, 4.69) is 22.4 Å². The number of pyridine rings is 1. The molecule has 0 saturated carbocycles. The van der Waals surface area contributed by atoms with Gasteiger partial charge in [-0.3, -0.25) is 9.59 Å². The Bertz CT molecular complexity index is 1190. The maximum absolute atomic E-state index is 13.5. The maximum atomic E-state index is 13.5. The maximum Gasteiger partial charge on any atom is 0.310 e. The van der Waals surface area contributed by atoms with Crippen LogP contribution in [0.15, 0.2) is 41.8 Å². The van der Waals surface area contributed by atoms with Gasteiger partial charge in [-0.1, -0.05) is 18.2 Å². The van der Waals surface area contributed by atoms with Gasteiger partial charge >= 0.3 is 5.97 Å². The van der Waals surface area contributed by atoms with Crippen LogP contribution in [0.2, 0.25) is 0 Å². The molecule has 2 aliphatic rings. The molecule has 2 aromatic heterocycles. The Hall–Kier alpha value is -2.97. The molecule has 2 fully saturated rings. The number of aromatic nitrogens is 1. The van der Waals surface area contributed by atoms with Crippen molar-refractivity contribution in [3.63, 3.8) is 0 Å². The molecule has 5 rings (SSSR count). The smallest absolute Gasteiger partial charge is 0.310 e. The number of amides is 1. The van der Waals surface area contributed by atoms with Gasteiger partial charge in [-0.15, -0.1) is 11.3 Å². The van der Waals surface area contributed by atoms with Gasteiger partial charge in [0.15, 0.2) is 0 Å². The number of fused-ring (bicyclic) bond motifs is 1. The van der Waals surface area contributed by atoms with E-state index in [9.17, 15) is 9.59 Å². The Morgan fingerprint density at radius 1 is 1.15 bits per heavy atom. The number of piperidine rings is 1. The van der Waals surface area contributed by atoms with E-state index in [4.69, 9.17) is 14.5 Å². The predicted molar refractivity (Wildman–Crippen MR) is 133 cm³/mol. The van der Waals surface area contributed by atoms with Crippen molar-refractivity contribution in [2.45, 2.75) is 19.8 Å². The van der Waals surface area contributed by atoms with Crippen LogP contribution in [0.25, 0.3) is 21.3 Å². The zero-order valence-electron chi connectivity index (χ0n) is 19.4. The van der Waals surface area contributed by atoms with Crippen molar-refractivity contribution in [2.24, 2.45) is 5.92 Å². The number of benzene rings is 1. The van der Waals surface area contributed by atoms with Gasteiger partial charge in [0.1, 0.15) is 5.82 Å². The van der Waals surface area contributed by atoms with E-state index in [1.807, 2.05) is 36.1 Å². The average molecular weight is 480 g/mol. The number of esters is 1. The van der Waals surface area contributed by atoms with E-state index in [0.717, 1.165) is 36.0 Å². The van der Waals surface area contributed by atoms with Crippen molar-refractivity contribution >= 4 is 39.1 Å². The van der Waals surface area contributed by atoms with E-state index >= 15 is 0 Å². The molecular weight excluding hydrogens is 450 g/mol. The van der Waals surface area contributed by atoms with Gasteiger partial charge in [-0.25, -0.2) is 4.98 Å². The SMILES string of the molecule is CCOC(=O)[C@@H]1CCCN(c2nc(-c3csc4ccccc34)ccc2C(=O)N2CCOCC2)C1. The third kappa shape index (κ3) is 4.52. The first-order valence-electron chi connectivity index (χ1n) is 11.9. The lowest BCUT2D eigenvalue weighted by Gasteiger charge is -2.34. The Kier molecular flexibility index (Phi) is 6.78. The summed E-state index contributed by atoms with van der Waals surface area (Å²) in [6.07, 6.45) is 1.64. The lowest BCUT2D eigenvalue weighted by molar-refractivity contribution is -0.148. The molecule has 34 heavy (non-hydrogen) atoms. The highest BCUT2D eigenvalue weighted by molar-refractivity contribution is 7.17. The largest absolute Gasteiger partial charge is 0.466 e. The number of carbonyl (C=O) groups excluding carboxylic acids is 2. The Balaban J connectivity index is 1.54. The number of hydrogen-bond donors (Lipinski definition) is 0. The second kappa shape index (κ2) is 10.1. The second-order valence-corrected chi connectivity index (χ2v) is 9.57. The number of anilines is 1. The monoisotopic (exact) mass is 479 g/mol. The molecule has 1 amide bonds. The van der Waals surface area contributed by atoms with E-state index in [1.54, 1.807) is 11.3 Å². The number of hydrogen-bond acceptors (Lipinski definition) is 7. The molecule has 3 aromatic rings. The van der Waals surface area contributed by atoms with Crippen molar-refractivity contribution in [3.05, 3.63) is 47.3 Å². The minimum absolute atomic E-state index is 0.0363. The highest BCUT2D eigenvalue weighted by Gasteiger charge is 2.31. The van der Waals surface area contributed by atoms with Crippen LogP contribution in [-0.4, -0.2) is 67.8 Å². The molecule has 2 aliphatic heterocycles. The molecule has 0 unspecified atom stereocenters. The van der Waals surface area contributed by atoms with Crippen molar-refractivity contribution in [1.29, 1.82) is 0 Å². The van der Waals surface area contributed by atoms with E-state index in [0.29, 0.717) is 50.8 Å². The molecule has 0 aliphatic carbocycles. The van der Waals surface area contributed by atoms with Crippen LogP contribution in [0.4, 0.5) is 5.82 Å². The third-order valence-electron chi connectivity index (χ3n) is 6.50. The van der Waals surface area contributed by atoms with Gasteiger partial charge in [0.2, 0.25) is 0 Å². The molecule has 1 atom stereocenters. The molecule has 2 saturated heterocycles. The highest BCUT2D eigenvalue weighted by atomic mass is 32.1. The van der Waals surface area contributed by atoms with E-state index < -0.39 is 0 Å². The van der Waals surface area contributed by atoms with Crippen LogP contribution in [0.1, 0.15) is 30.1 Å². The fraction of sp³-hybridized carbons (Fsp3) is 0.423. The Morgan fingerprint density at radius 2 is 1.97 bits per heavy atom. The van der Waals surface area contributed by atoms with Crippen molar-refractivity contribution in [1.82, 2.24) is 9.88 Å². The minimum Gasteiger partial charge on any atom is -0.466 e. The quantitative estimate of drug-likeness (QED) is 0.511. The number of thiophene rings is 1. The minimum atomic E-state index is -0.215. The number of carbonyl (C=O) groups is 2. The normalized spacial score (nSPS) is 18.8. The predicted octanol–water partition coefficient (Wildman–Crippen LogP) is 4.22. The Labute approximate surface area is 203 Å². The molecular formula is C26H29N3O4S. The summed E-state index contributed by atoms with van der Waals surface area (Å²) in [5, 5.41) is 3.28. The van der Waals surface area contributed by atoms with Crippen LogP contribution in [0, 0.1) is 5.92 Å². The van der Waals surface area contributed by atoms with Gasteiger partial charge in [-0.2, -0.15) is 0 Å². The van der Waals surface area contributed by atoms with Crippen LogP contribution in [0.3, 0.4) is 0 Å². The zero-order valence-corrected chi connectivity index (χ0v) is 20.2. The van der Waals surface area contributed by atoms with Crippen molar-refractivity contribution in [3.8, 4) is 11.3 Å². The third-order valence-corrected chi connectivity index (χ3v) is 7.47. The van der Waals surface area contributed by atoms with Crippen LogP contribution >= 0.6 is 11.3 Å². The van der Waals surface area contributed by atoms with Crippen molar-refractivity contribution in [2.75, 3.05) is 50.9 Å². The van der Waals surface area contributed by atoms with Crippen LogP contribution in [0.5, 0.6) is 0 Å². The number of morpholine rings is 1. The average Bonchev–Trinajstić information content (AvgIpc) is 3.33. The van der Waals surface area contributed by atoms with Gasteiger partial charge in [-0.05, 0) is 38.0 Å². The summed E-state index contributed by atoms with van der Waals surface area (Å²) in [5.74, 6) is 0.227. The molecule has 0 bridgehead atoms. The highest BCUT2D eigenvalue weighted by Crippen LogP contribution is 2.35. The standard InChI is InChI=1S/C26H29N3O4S/c1-2-33-26(31)18-6-5-11-29(16-18)24-20(25(30)28-12-14-32-15-13-28)9-10-22(27-24)21-17-34-23-8-4-3-7-19(21)23/h3-4,7-10,17-18H,2,5-6,11-16H2,1H3/t18-/m1/s1. The summed E-state index contributed by atoms with van der Waals surface area (Å²) in [5.41, 5.74) is 2.48. The lowest BCUT2D eigenvalue weighted by Crippen LogP contribution is -2.43. The number of ether oxygens (including phenoxy) is 2. The van der Waals surface area contributed by atoms with Gasteiger partial charge in [0, 0.05) is 47.2 Å². The summed E-state index contributed by atoms with van der Waals surface area (Å²) < 4.78 is 11.9. The molecule has 178 valence electrons. The summed E-state index contributed by atoms with van der Waals surface area (Å²) in [7, 11) is 0. The molecule has 1 aromatic carbocycles. The summed E-state index contributed by atoms with van der Waals surface area (Å²) >= 11 is 1.69. The first kappa shape index (κ1) is 22.8. The van der Waals surface area contributed by atoms with Crippen LogP contribution in [-0.2, 0) is 14.3 Å². The first-order valence-corrected chi connectivity index (χ1v) is 12.8. The zero-order chi connectivity index (χ0) is 23.5. The van der Waals surface area contributed by atoms with E-state index in [-0.39, 0.29) is 17.8 Å². The first-order chi connectivity index (χ1) is 16.7. The lowest BCUT2D eigenvalue weighted by atomic mass is 9.97. The molecule has 4 heterocycles. The molecule has 7 nitrogen and oxygen atoms in total. The molecule has 8 heteroatoms. The fourth-order valence-electron chi connectivity index (χ4n) is 4.74. The molecule has 0 N–H and O–H groups in total. The fourth-order valence-corrected chi connectivity index (χ4v) is 5.70. The van der Waals surface area contributed by atoms with Crippen molar-refractivity contribution < 1.29 is 19.1 Å². The molecule has 0 radical (unpaired) electrons. The van der Waals surface area contributed by atoms with Gasteiger partial charge < -0.3 is 19.3 Å².